The molecule has 0 saturated carbocycles. The number of nitrogens with zero attached hydrogens (tertiary/aromatic N) is 3. The molecular weight excluding hydrogens is 360 g/mol. The third-order valence-corrected chi connectivity index (χ3v) is 4.14. The molecule has 0 atom stereocenters. The number of rotatable bonds is 5. The fourth-order valence-corrected chi connectivity index (χ4v) is 2.84. The van der Waals surface area contributed by atoms with Crippen molar-refractivity contribution in [2.24, 2.45) is 7.05 Å². The number of aryl methyl sites for hydroxylation is 1. The average molecular weight is 376 g/mol. The lowest BCUT2D eigenvalue weighted by Crippen LogP contribution is -2.21. The highest BCUT2D eigenvalue weighted by atomic mass is 16.5. The lowest BCUT2D eigenvalue weighted by molar-refractivity contribution is -0.119. The monoisotopic (exact) mass is 376 g/mol. The Kier molecular flexibility index (Phi) is 4.59. The molecule has 4 aromatic rings. The normalized spacial score (nSPS) is 10.8. The molecule has 4 rings (SSSR count). The van der Waals surface area contributed by atoms with Crippen LogP contribution in [0, 0.1) is 0 Å². The number of anilines is 1. The number of esters is 1. The van der Waals surface area contributed by atoms with E-state index in [9.17, 15) is 9.59 Å². The number of carbonyl (C=O) groups excluding carboxylic acids is 2. The number of hydrogen-bond acceptors (Lipinski definition) is 6. The van der Waals surface area contributed by atoms with E-state index in [4.69, 9.17) is 9.15 Å². The molecule has 28 heavy (non-hydrogen) atoms. The highest BCUT2D eigenvalue weighted by Gasteiger charge is 2.17. The molecule has 8 heteroatoms. The number of amides is 1. The van der Waals surface area contributed by atoms with E-state index in [1.165, 1.54) is 0 Å². The van der Waals surface area contributed by atoms with Crippen LogP contribution in [0.5, 0.6) is 0 Å². The second kappa shape index (κ2) is 7.36. The van der Waals surface area contributed by atoms with Crippen LogP contribution in [0.2, 0.25) is 0 Å². The summed E-state index contributed by atoms with van der Waals surface area (Å²) >= 11 is 0. The SMILES string of the molecule is Cn1cc(C(=O)OCC(=O)Nc2nnc(-c3ccccc3)o2)c2ccccc21. The highest BCUT2D eigenvalue weighted by molar-refractivity contribution is 6.05. The van der Waals surface area contributed by atoms with Crippen molar-refractivity contribution in [3.63, 3.8) is 0 Å². The van der Waals surface area contributed by atoms with Gasteiger partial charge < -0.3 is 13.7 Å². The Labute approximate surface area is 159 Å². The fraction of sp³-hybridized carbons (Fsp3) is 0.100. The molecule has 8 nitrogen and oxygen atoms in total. The summed E-state index contributed by atoms with van der Waals surface area (Å²) in [6.07, 6.45) is 1.68. The molecule has 2 heterocycles. The molecule has 1 amide bonds. The zero-order valence-electron chi connectivity index (χ0n) is 15.0. The highest BCUT2D eigenvalue weighted by Crippen LogP contribution is 2.21. The Morgan fingerprint density at radius 2 is 1.82 bits per heavy atom. The smallest absolute Gasteiger partial charge is 0.340 e. The maximum atomic E-state index is 12.4. The predicted molar refractivity (Wildman–Crippen MR) is 102 cm³/mol. The zero-order chi connectivity index (χ0) is 19.5. The van der Waals surface area contributed by atoms with Gasteiger partial charge in [-0.15, -0.1) is 5.10 Å². The Morgan fingerprint density at radius 3 is 2.64 bits per heavy atom. The minimum atomic E-state index is -0.581. The topological polar surface area (TPSA) is 99.2 Å². The van der Waals surface area contributed by atoms with Crippen molar-refractivity contribution < 1.29 is 18.7 Å². The number of para-hydroxylation sites is 1. The van der Waals surface area contributed by atoms with Crippen molar-refractivity contribution in [2.75, 3.05) is 11.9 Å². The minimum Gasteiger partial charge on any atom is -0.452 e. The van der Waals surface area contributed by atoms with E-state index in [2.05, 4.69) is 15.5 Å². The molecule has 2 aromatic heterocycles. The maximum Gasteiger partial charge on any atom is 0.340 e. The van der Waals surface area contributed by atoms with Crippen LogP contribution in [0.1, 0.15) is 10.4 Å². The van der Waals surface area contributed by atoms with Gasteiger partial charge in [-0.2, -0.15) is 0 Å². The van der Waals surface area contributed by atoms with Crippen molar-refractivity contribution in [3.8, 4) is 11.5 Å². The van der Waals surface area contributed by atoms with Gasteiger partial charge in [-0.3, -0.25) is 10.1 Å². The molecule has 0 aliphatic heterocycles. The first kappa shape index (κ1) is 17.5. The van der Waals surface area contributed by atoms with Gasteiger partial charge in [0.15, 0.2) is 6.61 Å². The van der Waals surface area contributed by atoms with E-state index in [-0.39, 0.29) is 11.9 Å². The van der Waals surface area contributed by atoms with Crippen molar-refractivity contribution in [1.82, 2.24) is 14.8 Å². The van der Waals surface area contributed by atoms with E-state index >= 15 is 0 Å². The maximum absolute atomic E-state index is 12.4. The first-order valence-corrected chi connectivity index (χ1v) is 8.52. The van der Waals surface area contributed by atoms with Crippen molar-refractivity contribution >= 4 is 28.8 Å². The van der Waals surface area contributed by atoms with Crippen LogP contribution in [0.25, 0.3) is 22.4 Å². The van der Waals surface area contributed by atoms with Gasteiger partial charge in [0.05, 0.1) is 5.56 Å². The van der Waals surface area contributed by atoms with Crippen LogP contribution in [0.4, 0.5) is 6.01 Å². The van der Waals surface area contributed by atoms with Crippen molar-refractivity contribution in [3.05, 3.63) is 66.4 Å². The van der Waals surface area contributed by atoms with Gasteiger partial charge in [0.25, 0.3) is 5.91 Å². The Morgan fingerprint density at radius 1 is 1.07 bits per heavy atom. The summed E-state index contributed by atoms with van der Waals surface area (Å²) in [5.41, 5.74) is 2.03. The molecule has 0 radical (unpaired) electrons. The molecule has 0 aliphatic carbocycles. The minimum absolute atomic E-state index is 0.0648. The van der Waals surface area contributed by atoms with Gasteiger partial charge in [0.1, 0.15) is 0 Å². The molecule has 140 valence electrons. The largest absolute Gasteiger partial charge is 0.452 e. The summed E-state index contributed by atoms with van der Waals surface area (Å²) in [6, 6.07) is 16.6. The molecule has 1 N–H and O–H groups in total. The second-order valence-corrected chi connectivity index (χ2v) is 6.07. The van der Waals surface area contributed by atoms with E-state index in [1.807, 2.05) is 66.2 Å². The Hall–Kier alpha value is -3.94. The fourth-order valence-electron chi connectivity index (χ4n) is 2.84. The molecule has 0 bridgehead atoms. The standard InChI is InChI=1S/C20H16N4O4/c1-24-11-15(14-9-5-6-10-16(14)24)19(26)27-12-17(25)21-20-23-22-18(28-20)13-7-3-2-4-8-13/h2-11H,12H2,1H3,(H,21,23,25). The van der Waals surface area contributed by atoms with Crippen LogP contribution >= 0.6 is 0 Å². The predicted octanol–water partition coefficient (Wildman–Crippen LogP) is 3.02. The molecule has 0 spiro atoms. The average Bonchev–Trinajstić information content (AvgIpc) is 3.32. The van der Waals surface area contributed by atoms with Crippen LogP contribution in [-0.2, 0) is 16.6 Å². The summed E-state index contributed by atoms with van der Waals surface area (Å²) in [5, 5.41) is 10.8. The number of ether oxygens (including phenoxy) is 1. The molecule has 0 aliphatic rings. The summed E-state index contributed by atoms with van der Waals surface area (Å²) < 4.78 is 12.3. The summed E-state index contributed by atoms with van der Waals surface area (Å²) in [6.45, 7) is -0.467. The molecule has 0 fully saturated rings. The quantitative estimate of drug-likeness (QED) is 0.538. The molecule has 2 aromatic carbocycles. The first-order valence-electron chi connectivity index (χ1n) is 8.52. The number of hydrogen-bond donors (Lipinski definition) is 1. The Balaban J connectivity index is 1.38. The summed E-state index contributed by atoms with van der Waals surface area (Å²) in [7, 11) is 1.84. The molecular formula is C20H16N4O4. The van der Waals surface area contributed by atoms with Gasteiger partial charge in [0.2, 0.25) is 5.89 Å². The van der Waals surface area contributed by atoms with E-state index < -0.39 is 18.5 Å². The third kappa shape index (κ3) is 3.48. The van der Waals surface area contributed by atoms with E-state index in [1.54, 1.807) is 6.20 Å². The zero-order valence-corrected chi connectivity index (χ0v) is 15.0. The lowest BCUT2D eigenvalue weighted by atomic mass is 10.2. The van der Waals surface area contributed by atoms with Crippen molar-refractivity contribution in [1.29, 1.82) is 0 Å². The van der Waals surface area contributed by atoms with E-state index in [0.29, 0.717) is 5.56 Å². The molecule has 0 unspecified atom stereocenters. The van der Waals surface area contributed by atoms with Crippen LogP contribution in [-0.4, -0.2) is 33.2 Å². The van der Waals surface area contributed by atoms with Gasteiger partial charge in [0, 0.05) is 29.7 Å². The first-order chi connectivity index (χ1) is 13.6. The summed E-state index contributed by atoms with van der Waals surface area (Å²) in [4.78, 5) is 24.4. The Bertz CT molecular complexity index is 1150. The number of aromatic nitrogens is 3. The van der Waals surface area contributed by atoms with Crippen LogP contribution < -0.4 is 5.32 Å². The van der Waals surface area contributed by atoms with Gasteiger partial charge in [-0.1, -0.05) is 41.5 Å². The van der Waals surface area contributed by atoms with Gasteiger partial charge in [-0.05, 0) is 18.2 Å². The number of benzene rings is 2. The number of fused-ring (bicyclic) bond motifs is 1. The van der Waals surface area contributed by atoms with E-state index in [0.717, 1.165) is 16.5 Å². The third-order valence-electron chi connectivity index (χ3n) is 4.14. The van der Waals surface area contributed by atoms with Crippen LogP contribution in [0.3, 0.4) is 0 Å². The van der Waals surface area contributed by atoms with Gasteiger partial charge in [-0.25, -0.2) is 4.79 Å². The number of nitrogens with one attached hydrogen (secondary N) is 1. The lowest BCUT2D eigenvalue weighted by Gasteiger charge is -2.03. The van der Waals surface area contributed by atoms with Gasteiger partial charge >= 0.3 is 12.0 Å². The molecule has 0 saturated heterocycles. The van der Waals surface area contributed by atoms with Crippen molar-refractivity contribution in [2.45, 2.75) is 0 Å². The van der Waals surface area contributed by atoms with Crippen LogP contribution in [0.15, 0.2) is 65.2 Å². The summed E-state index contributed by atoms with van der Waals surface area (Å²) in [5.74, 6) is -0.872. The second-order valence-electron chi connectivity index (χ2n) is 6.07. The number of carbonyl (C=O) groups is 2.